The van der Waals surface area contributed by atoms with Gasteiger partial charge in [-0.2, -0.15) is 5.10 Å². The van der Waals surface area contributed by atoms with Gasteiger partial charge in [-0.25, -0.2) is 0 Å². The molecule has 0 radical (unpaired) electrons. The van der Waals surface area contributed by atoms with Gasteiger partial charge in [-0.1, -0.05) is 30.3 Å². The minimum Gasteiger partial charge on any atom is -0.339 e. The van der Waals surface area contributed by atoms with E-state index in [1.807, 2.05) is 47.5 Å². The molecular formula is C18H21N3O2. The summed E-state index contributed by atoms with van der Waals surface area (Å²) < 4.78 is 1.76. The predicted octanol–water partition coefficient (Wildman–Crippen LogP) is 2.54. The Balaban J connectivity index is 1.56. The Morgan fingerprint density at radius 3 is 2.74 bits per heavy atom. The highest BCUT2D eigenvalue weighted by Gasteiger charge is 2.30. The van der Waals surface area contributed by atoms with Crippen molar-refractivity contribution in [3.63, 3.8) is 0 Å². The van der Waals surface area contributed by atoms with Crippen molar-refractivity contribution in [2.24, 2.45) is 0 Å². The van der Waals surface area contributed by atoms with E-state index in [1.165, 1.54) is 0 Å². The smallest absolute Gasteiger partial charge is 0.224 e. The Morgan fingerprint density at radius 2 is 2.00 bits per heavy atom. The fourth-order valence-corrected chi connectivity index (χ4v) is 3.12. The van der Waals surface area contributed by atoms with E-state index >= 15 is 0 Å². The fourth-order valence-electron chi connectivity index (χ4n) is 3.12. The van der Waals surface area contributed by atoms with Crippen LogP contribution in [0.2, 0.25) is 0 Å². The van der Waals surface area contributed by atoms with Gasteiger partial charge in [0.2, 0.25) is 5.91 Å². The molecule has 3 rings (SSSR count). The third-order valence-electron chi connectivity index (χ3n) is 4.33. The Hall–Kier alpha value is -2.43. The van der Waals surface area contributed by atoms with E-state index in [4.69, 9.17) is 0 Å². The average Bonchev–Trinajstić information content (AvgIpc) is 3.25. The second kappa shape index (κ2) is 7.22. The summed E-state index contributed by atoms with van der Waals surface area (Å²) >= 11 is 0. The molecule has 120 valence electrons. The van der Waals surface area contributed by atoms with Crippen LogP contribution in [-0.4, -0.2) is 39.0 Å². The van der Waals surface area contributed by atoms with Crippen LogP contribution in [0.4, 0.5) is 0 Å². The lowest BCUT2D eigenvalue weighted by molar-refractivity contribution is -0.132. The average molecular weight is 311 g/mol. The van der Waals surface area contributed by atoms with Crippen molar-refractivity contribution in [2.75, 3.05) is 6.54 Å². The third kappa shape index (κ3) is 3.86. The van der Waals surface area contributed by atoms with Gasteiger partial charge >= 0.3 is 0 Å². The summed E-state index contributed by atoms with van der Waals surface area (Å²) in [5, 5.41) is 4.11. The number of carbonyl (C=O) groups is 2. The van der Waals surface area contributed by atoms with Gasteiger partial charge in [0.05, 0.1) is 0 Å². The van der Waals surface area contributed by atoms with Gasteiger partial charge in [0.15, 0.2) is 5.78 Å². The molecule has 0 aliphatic carbocycles. The van der Waals surface area contributed by atoms with Crippen LogP contribution in [0.5, 0.6) is 0 Å². The number of nitrogens with zero attached hydrogens (tertiary/aromatic N) is 3. The molecule has 5 nitrogen and oxygen atoms in total. The second-order valence-electron chi connectivity index (χ2n) is 5.90. The highest BCUT2D eigenvalue weighted by atomic mass is 16.2. The van der Waals surface area contributed by atoms with Gasteiger partial charge in [0.1, 0.15) is 0 Å². The minimum atomic E-state index is 0.0350. The largest absolute Gasteiger partial charge is 0.339 e. The highest BCUT2D eigenvalue weighted by molar-refractivity contribution is 5.96. The Morgan fingerprint density at radius 1 is 1.17 bits per heavy atom. The molecule has 0 saturated carbocycles. The molecule has 1 saturated heterocycles. The van der Waals surface area contributed by atoms with Crippen LogP contribution < -0.4 is 0 Å². The summed E-state index contributed by atoms with van der Waals surface area (Å²) in [5.74, 6) is 0.228. The molecule has 1 aliphatic rings. The predicted molar refractivity (Wildman–Crippen MR) is 87.0 cm³/mol. The minimum absolute atomic E-state index is 0.0350. The summed E-state index contributed by atoms with van der Waals surface area (Å²) in [6.07, 6.45) is 6.29. The molecule has 2 aromatic rings. The van der Waals surface area contributed by atoms with E-state index in [1.54, 1.807) is 10.9 Å². The number of benzene rings is 1. The van der Waals surface area contributed by atoms with Gasteiger partial charge in [0.25, 0.3) is 0 Å². The second-order valence-corrected chi connectivity index (χ2v) is 5.90. The van der Waals surface area contributed by atoms with Crippen molar-refractivity contribution in [3.8, 4) is 0 Å². The lowest BCUT2D eigenvalue weighted by atomic mass is 10.0. The first-order valence-corrected chi connectivity index (χ1v) is 8.09. The van der Waals surface area contributed by atoms with Gasteiger partial charge in [-0.3, -0.25) is 14.3 Å². The molecule has 2 heterocycles. The normalized spacial score (nSPS) is 17.4. The lowest BCUT2D eigenvalue weighted by Crippen LogP contribution is -2.37. The first kappa shape index (κ1) is 15.5. The Kier molecular flexibility index (Phi) is 4.86. The van der Waals surface area contributed by atoms with Gasteiger partial charge in [0, 0.05) is 49.9 Å². The molecule has 5 heteroatoms. The number of hydrogen-bond acceptors (Lipinski definition) is 3. The molecule has 1 aromatic heterocycles. The van der Waals surface area contributed by atoms with Gasteiger partial charge in [-0.05, 0) is 18.9 Å². The van der Waals surface area contributed by atoms with E-state index < -0.39 is 0 Å². The van der Waals surface area contributed by atoms with Crippen LogP contribution in [0.15, 0.2) is 48.8 Å². The molecule has 0 spiro atoms. The van der Waals surface area contributed by atoms with Crippen LogP contribution in [0.25, 0.3) is 0 Å². The highest BCUT2D eigenvalue weighted by Crippen LogP contribution is 2.23. The quantitative estimate of drug-likeness (QED) is 0.770. The Bertz CT molecular complexity index is 652. The zero-order valence-electron chi connectivity index (χ0n) is 13.1. The van der Waals surface area contributed by atoms with E-state index in [0.717, 1.165) is 24.9 Å². The number of Topliss-reactive ketones (excluding diaryl/α,β-unsaturated/α-hetero) is 1. The molecule has 1 fully saturated rings. The zero-order valence-corrected chi connectivity index (χ0v) is 13.1. The summed E-state index contributed by atoms with van der Waals surface area (Å²) in [7, 11) is 0. The summed E-state index contributed by atoms with van der Waals surface area (Å²) in [6.45, 7) is 1.34. The number of rotatable bonds is 6. The first-order valence-electron chi connectivity index (χ1n) is 8.09. The molecule has 1 amide bonds. The summed E-state index contributed by atoms with van der Waals surface area (Å²) in [4.78, 5) is 26.7. The number of amides is 1. The first-order chi connectivity index (χ1) is 11.2. The molecule has 1 aliphatic heterocycles. The zero-order chi connectivity index (χ0) is 16.1. The number of carbonyl (C=O) groups excluding carboxylic acids is 2. The van der Waals surface area contributed by atoms with Crippen LogP contribution in [0.1, 0.15) is 36.0 Å². The van der Waals surface area contributed by atoms with Crippen LogP contribution in [0.3, 0.4) is 0 Å². The monoisotopic (exact) mass is 311 g/mol. The van der Waals surface area contributed by atoms with Crippen molar-refractivity contribution in [1.29, 1.82) is 0 Å². The van der Waals surface area contributed by atoms with E-state index in [-0.39, 0.29) is 17.7 Å². The summed E-state index contributed by atoms with van der Waals surface area (Å²) in [6, 6.07) is 11.2. The lowest BCUT2D eigenvalue weighted by Gasteiger charge is -2.24. The van der Waals surface area contributed by atoms with Crippen LogP contribution in [0, 0.1) is 0 Å². The SMILES string of the molecule is O=C(CC1CCCN1C(=O)CCn1cccn1)c1ccccc1. The fraction of sp³-hybridized carbons (Fsp3) is 0.389. The molecule has 1 aromatic carbocycles. The van der Waals surface area contributed by atoms with Crippen molar-refractivity contribution in [2.45, 2.75) is 38.3 Å². The molecule has 1 atom stereocenters. The van der Waals surface area contributed by atoms with Gasteiger partial charge in [-0.15, -0.1) is 0 Å². The Labute approximate surface area is 135 Å². The van der Waals surface area contributed by atoms with E-state index in [0.29, 0.717) is 19.4 Å². The van der Waals surface area contributed by atoms with Crippen LogP contribution in [-0.2, 0) is 11.3 Å². The standard InChI is InChI=1S/C18H21N3O2/c22-17(15-6-2-1-3-7-15)14-16-8-4-12-21(16)18(23)9-13-20-11-5-10-19-20/h1-3,5-7,10-11,16H,4,8-9,12-14H2. The topological polar surface area (TPSA) is 55.2 Å². The number of aryl methyl sites for hydroxylation is 1. The number of hydrogen-bond donors (Lipinski definition) is 0. The summed E-state index contributed by atoms with van der Waals surface area (Å²) in [5.41, 5.74) is 0.725. The van der Waals surface area contributed by atoms with Crippen molar-refractivity contribution >= 4 is 11.7 Å². The number of ketones is 1. The maximum absolute atomic E-state index is 12.4. The van der Waals surface area contributed by atoms with Crippen molar-refractivity contribution in [1.82, 2.24) is 14.7 Å². The van der Waals surface area contributed by atoms with Crippen LogP contribution >= 0.6 is 0 Å². The molecule has 23 heavy (non-hydrogen) atoms. The molecule has 0 bridgehead atoms. The maximum Gasteiger partial charge on any atom is 0.224 e. The van der Waals surface area contributed by atoms with Gasteiger partial charge < -0.3 is 4.90 Å². The third-order valence-corrected chi connectivity index (χ3v) is 4.33. The molecular weight excluding hydrogens is 290 g/mol. The van der Waals surface area contributed by atoms with E-state index in [2.05, 4.69) is 5.10 Å². The molecule has 0 N–H and O–H groups in total. The van der Waals surface area contributed by atoms with Crippen molar-refractivity contribution in [3.05, 3.63) is 54.4 Å². The van der Waals surface area contributed by atoms with Crippen molar-refractivity contribution < 1.29 is 9.59 Å². The maximum atomic E-state index is 12.4. The number of aromatic nitrogens is 2. The van der Waals surface area contributed by atoms with E-state index in [9.17, 15) is 9.59 Å². The molecule has 1 unspecified atom stereocenters. The number of likely N-dealkylation sites (tertiary alicyclic amines) is 1.